The van der Waals surface area contributed by atoms with Crippen LogP contribution in [-0.4, -0.2) is 73.4 Å². The molecule has 53 heavy (non-hydrogen) atoms. The first-order chi connectivity index (χ1) is 25.5. The number of phosphoric ester groups is 1. The highest BCUT2D eigenvalue weighted by Crippen LogP contribution is 2.43. The van der Waals surface area contributed by atoms with Crippen LogP contribution in [0, 0.1) is 0 Å². The maximum absolute atomic E-state index is 12.7. The highest BCUT2D eigenvalue weighted by Gasteiger charge is 2.28. The first-order valence-electron chi connectivity index (χ1n) is 22.9. The second-order valence-electron chi connectivity index (χ2n) is 17.1. The van der Waals surface area contributed by atoms with Gasteiger partial charge in [-0.15, -0.1) is 0 Å². The van der Waals surface area contributed by atoms with Crippen molar-refractivity contribution in [1.82, 2.24) is 5.32 Å². The number of rotatable bonds is 42. The second-order valence-corrected chi connectivity index (χ2v) is 18.6. The Morgan fingerprint density at radius 3 is 1.26 bits per heavy atom. The molecule has 0 aromatic heterocycles. The Morgan fingerprint density at radius 1 is 0.566 bits per heavy atom. The lowest BCUT2D eigenvalue weighted by Crippen LogP contribution is -2.46. The minimum atomic E-state index is -4.30. The summed E-state index contributed by atoms with van der Waals surface area (Å²) in [5.41, 5.74) is 0. The van der Waals surface area contributed by atoms with Crippen molar-refractivity contribution in [2.45, 2.75) is 238 Å². The van der Waals surface area contributed by atoms with Gasteiger partial charge in [0.15, 0.2) is 0 Å². The number of aliphatic hydroxyl groups is 1. The van der Waals surface area contributed by atoms with E-state index in [0.717, 1.165) is 38.5 Å². The molecule has 1 amide bonds. The summed E-state index contributed by atoms with van der Waals surface area (Å²) in [6.07, 6.45) is 40.3. The quantitative estimate of drug-likeness (QED) is 0.0324. The summed E-state index contributed by atoms with van der Waals surface area (Å²) in [6.45, 7) is 4.84. The molecule has 0 aliphatic heterocycles. The van der Waals surface area contributed by atoms with E-state index in [-0.39, 0.29) is 19.1 Å². The number of hydrogen-bond acceptors (Lipinski definition) is 5. The molecule has 0 radical (unpaired) electrons. The fourth-order valence-electron chi connectivity index (χ4n) is 6.93. The number of carbonyl (C=O) groups is 1. The normalized spacial score (nSPS) is 14.3. The first-order valence-corrected chi connectivity index (χ1v) is 24.4. The maximum atomic E-state index is 12.7. The number of amides is 1. The number of likely N-dealkylation sites (N-methyl/N-ethyl adjacent to an activating group) is 1. The average molecular weight is 776 g/mol. The Hall–Kier alpha value is -0.500. The van der Waals surface area contributed by atoms with Crippen LogP contribution >= 0.6 is 7.82 Å². The molecule has 0 fully saturated rings. The molecular formula is C44H92N2O6P+. The van der Waals surface area contributed by atoms with Crippen LogP contribution in [0.3, 0.4) is 0 Å². The molecule has 0 aromatic rings. The molecule has 0 spiro atoms. The van der Waals surface area contributed by atoms with Gasteiger partial charge in [0.05, 0.1) is 39.9 Å². The van der Waals surface area contributed by atoms with E-state index in [4.69, 9.17) is 9.05 Å². The highest BCUT2D eigenvalue weighted by molar-refractivity contribution is 7.47. The van der Waals surface area contributed by atoms with Gasteiger partial charge < -0.3 is 19.8 Å². The number of nitrogens with one attached hydrogen (secondary N) is 1. The van der Waals surface area contributed by atoms with Crippen LogP contribution in [0.4, 0.5) is 0 Å². The summed E-state index contributed by atoms with van der Waals surface area (Å²) in [5, 5.41) is 13.9. The van der Waals surface area contributed by atoms with E-state index < -0.39 is 20.0 Å². The molecule has 0 heterocycles. The fourth-order valence-corrected chi connectivity index (χ4v) is 7.67. The molecule has 3 atom stereocenters. The van der Waals surface area contributed by atoms with Crippen molar-refractivity contribution in [3.63, 3.8) is 0 Å². The van der Waals surface area contributed by atoms with Crippen molar-refractivity contribution >= 4 is 13.7 Å². The molecule has 3 unspecified atom stereocenters. The van der Waals surface area contributed by atoms with E-state index in [2.05, 4.69) is 19.2 Å². The number of hydrogen-bond donors (Lipinski definition) is 3. The lowest BCUT2D eigenvalue weighted by atomic mass is 10.0. The number of nitrogens with zero attached hydrogens (tertiary/aromatic N) is 1. The molecule has 3 N–H and O–H groups in total. The Kier molecular flexibility index (Phi) is 36.7. The highest BCUT2D eigenvalue weighted by atomic mass is 31.2. The third-order valence-corrected chi connectivity index (χ3v) is 11.6. The summed E-state index contributed by atoms with van der Waals surface area (Å²) < 4.78 is 23.5. The minimum Gasteiger partial charge on any atom is -0.391 e. The van der Waals surface area contributed by atoms with Crippen molar-refractivity contribution in [3.05, 3.63) is 0 Å². The number of quaternary nitrogens is 1. The van der Waals surface area contributed by atoms with Crippen LogP contribution in [-0.2, 0) is 18.4 Å². The molecule has 9 heteroatoms. The van der Waals surface area contributed by atoms with E-state index in [0.29, 0.717) is 23.9 Å². The molecule has 8 nitrogen and oxygen atoms in total. The van der Waals surface area contributed by atoms with Gasteiger partial charge in [-0.1, -0.05) is 206 Å². The minimum absolute atomic E-state index is 0.0778. The molecule has 0 saturated heterocycles. The van der Waals surface area contributed by atoms with Gasteiger partial charge in [0.1, 0.15) is 13.2 Å². The van der Waals surface area contributed by atoms with Crippen molar-refractivity contribution in [1.29, 1.82) is 0 Å². The predicted octanol–water partition coefficient (Wildman–Crippen LogP) is 12.6. The largest absolute Gasteiger partial charge is 0.472 e. The molecule has 0 aliphatic carbocycles. The molecule has 0 rings (SSSR count). The van der Waals surface area contributed by atoms with Crippen molar-refractivity contribution in [2.24, 2.45) is 0 Å². The van der Waals surface area contributed by atoms with E-state index >= 15 is 0 Å². The molecular weight excluding hydrogens is 683 g/mol. The Labute approximate surface area is 329 Å². The summed E-state index contributed by atoms with van der Waals surface area (Å²) >= 11 is 0. The Morgan fingerprint density at radius 2 is 0.906 bits per heavy atom. The van der Waals surface area contributed by atoms with Gasteiger partial charge in [-0.25, -0.2) is 4.57 Å². The smallest absolute Gasteiger partial charge is 0.391 e. The standard InChI is InChI=1S/C44H91N2O6P/c1-6-8-10-12-14-15-16-17-18-19-20-21-22-23-24-25-26-27-28-29-30-31-32-33-35-37-43(47)42(45-44(48)38-36-34-13-11-9-7-2)41-52-53(49,50)51-40-39-46(3,4)5/h42-43,47H,6-41H2,1-5H3,(H-,45,48,49,50)/p+1. The van der Waals surface area contributed by atoms with Crippen LogP contribution in [0.15, 0.2) is 0 Å². The zero-order valence-electron chi connectivity index (χ0n) is 36.0. The van der Waals surface area contributed by atoms with Crippen LogP contribution in [0.5, 0.6) is 0 Å². The monoisotopic (exact) mass is 776 g/mol. The van der Waals surface area contributed by atoms with E-state index in [1.165, 1.54) is 161 Å². The van der Waals surface area contributed by atoms with Gasteiger partial charge in [-0.2, -0.15) is 0 Å². The number of aliphatic hydroxyl groups excluding tert-OH is 1. The van der Waals surface area contributed by atoms with Crippen molar-refractivity contribution in [3.8, 4) is 0 Å². The molecule has 0 saturated carbocycles. The van der Waals surface area contributed by atoms with Gasteiger partial charge in [0.25, 0.3) is 0 Å². The van der Waals surface area contributed by atoms with Crippen LogP contribution in [0.25, 0.3) is 0 Å². The summed E-state index contributed by atoms with van der Waals surface area (Å²) in [5.74, 6) is -0.151. The SMILES string of the molecule is CCCCCCCCCCCCCCCCCCCCCCCCCCCC(O)C(COP(=O)(O)OCC[N+](C)(C)C)NC(=O)CCCCCCCC. The predicted molar refractivity (Wildman–Crippen MR) is 226 cm³/mol. The van der Waals surface area contributed by atoms with Gasteiger partial charge in [0.2, 0.25) is 5.91 Å². The Balaban J connectivity index is 4.00. The van der Waals surface area contributed by atoms with Crippen LogP contribution in [0.2, 0.25) is 0 Å². The van der Waals surface area contributed by atoms with Gasteiger partial charge in [0, 0.05) is 6.42 Å². The van der Waals surface area contributed by atoms with Gasteiger partial charge in [-0.05, 0) is 12.8 Å². The molecule has 0 aromatic carbocycles. The van der Waals surface area contributed by atoms with Gasteiger partial charge in [-0.3, -0.25) is 13.8 Å². The lowest BCUT2D eigenvalue weighted by molar-refractivity contribution is -0.870. The van der Waals surface area contributed by atoms with Crippen molar-refractivity contribution in [2.75, 3.05) is 40.9 Å². The van der Waals surface area contributed by atoms with E-state index in [1.54, 1.807) is 0 Å². The van der Waals surface area contributed by atoms with Crippen LogP contribution < -0.4 is 5.32 Å². The number of unbranched alkanes of at least 4 members (excludes halogenated alkanes) is 29. The topological polar surface area (TPSA) is 105 Å². The summed E-state index contributed by atoms with van der Waals surface area (Å²) in [7, 11) is 1.62. The average Bonchev–Trinajstić information content (AvgIpc) is 3.10. The summed E-state index contributed by atoms with van der Waals surface area (Å²) in [4.78, 5) is 22.9. The molecule has 0 bridgehead atoms. The zero-order chi connectivity index (χ0) is 39.3. The fraction of sp³-hybridized carbons (Fsp3) is 0.977. The maximum Gasteiger partial charge on any atom is 0.472 e. The van der Waals surface area contributed by atoms with Gasteiger partial charge >= 0.3 is 7.82 Å². The third kappa shape index (κ3) is 39.5. The Bertz CT molecular complexity index is 839. The second kappa shape index (κ2) is 37.1. The van der Waals surface area contributed by atoms with E-state index in [9.17, 15) is 19.4 Å². The van der Waals surface area contributed by atoms with Crippen LogP contribution in [0.1, 0.15) is 226 Å². The number of phosphoric acid groups is 1. The van der Waals surface area contributed by atoms with Crippen molar-refractivity contribution < 1.29 is 32.9 Å². The zero-order valence-corrected chi connectivity index (χ0v) is 36.9. The third-order valence-electron chi connectivity index (χ3n) is 10.6. The van der Waals surface area contributed by atoms with E-state index in [1.807, 2.05) is 21.1 Å². The number of carbonyl (C=O) groups excluding carboxylic acids is 1. The lowest BCUT2D eigenvalue weighted by Gasteiger charge is -2.26. The summed E-state index contributed by atoms with van der Waals surface area (Å²) in [6, 6.07) is -0.751. The molecule has 0 aliphatic rings. The molecule has 318 valence electrons. The first kappa shape index (κ1) is 52.5.